The highest BCUT2D eigenvalue weighted by molar-refractivity contribution is 5.79. The van der Waals surface area contributed by atoms with Gasteiger partial charge in [0, 0.05) is 18.4 Å². The molecule has 0 radical (unpaired) electrons. The zero-order valence-corrected chi connectivity index (χ0v) is 11.6. The van der Waals surface area contributed by atoms with Crippen molar-refractivity contribution in [2.75, 3.05) is 13.1 Å². The topological polar surface area (TPSA) is 20.3 Å². The van der Waals surface area contributed by atoms with Crippen LogP contribution in [0.25, 0.3) is 0 Å². The molecule has 2 heteroatoms. The lowest BCUT2D eigenvalue weighted by Crippen LogP contribution is -2.50. The van der Waals surface area contributed by atoms with Gasteiger partial charge in [0.25, 0.3) is 0 Å². The van der Waals surface area contributed by atoms with Gasteiger partial charge in [0.1, 0.15) is 5.78 Å². The van der Waals surface area contributed by atoms with Crippen molar-refractivity contribution < 1.29 is 4.79 Å². The van der Waals surface area contributed by atoms with Crippen LogP contribution in [0.15, 0.2) is 30.3 Å². The smallest absolute Gasteiger partial charge is 0.133 e. The summed E-state index contributed by atoms with van der Waals surface area (Å²) in [7, 11) is 0. The maximum atomic E-state index is 11.6. The monoisotopic (exact) mass is 257 g/mol. The Bertz CT molecular complexity index is 424. The molecule has 1 aromatic rings. The van der Waals surface area contributed by atoms with Crippen molar-refractivity contribution in [2.24, 2.45) is 0 Å². The minimum Gasteiger partial charge on any atom is -0.300 e. The summed E-state index contributed by atoms with van der Waals surface area (Å²) >= 11 is 0. The lowest BCUT2D eigenvalue weighted by Gasteiger charge is -2.48. The van der Waals surface area contributed by atoms with Crippen LogP contribution in [0.1, 0.15) is 50.5 Å². The van der Waals surface area contributed by atoms with Gasteiger partial charge >= 0.3 is 0 Å². The van der Waals surface area contributed by atoms with Crippen molar-refractivity contribution in [3.8, 4) is 0 Å². The van der Waals surface area contributed by atoms with Gasteiger partial charge in [-0.25, -0.2) is 0 Å². The number of piperidine rings is 1. The van der Waals surface area contributed by atoms with Gasteiger partial charge in [-0.2, -0.15) is 0 Å². The molecule has 1 saturated heterocycles. The second-order valence-corrected chi connectivity index (χ2v) is 5.98. The number of carbonyl (C=O) groups excluding carboxylic acids is 1. The summed E-state index contributed by atoms with van der Waals surface area (Å²) in [5.41, 5.74) is 1.56. The standard InChI is InChI=1S/C17H23NO/c19-16-9-11-17(12-10-16,15-7-3-1-4-8-15)18-13-5-2-6-14-18/h1,3-4,7-8H,2,5-6,9-14H2. The first-order chi connectivity index (χ1) is 9.31. The summed E-state index contributed by atoms with van der Waals surface area (Å²) in [5, 5.41) is 0. The van der Waals surface area contributed by atoms with Crippen molar-refractivity contribution in [3.05, 3.63) is 35.9 Å². The Labute approximate surface area is 115 Å². The fourth-order valence-corrected chi connectivity index (χ4v) is 3.80. The van der Waals surface area contributed by atoms with E-state index in [2.05, 4.69) is 35.2 Å². The molecule has 1 aromatic carbocycles. The van der Waals surface area contributed by atoms with Crippen molar-refractivity contribution in [1.82, 2.24) is 4.90 Å². The van der Waals surface area contributed by atoms with E-state index >= 15 is 0 Å². The van der Waals surface area contributed by atoms with E-state index in [4.69, 9.17) is 0 Å². The maximum absolute atomic E-state index is 11.6. The number of rotatable bonds is 2. The molecule has 0 N–H and O–H groups in total. The number of ketones is 1. The molecule has 0 amide bonds. The van der Waals surface area contributed by atoms with E-state index in [1.54, 1.807) is 0 Å². The van der Waals surface area contributed by atoms with E-state index in [-0.39, 0.29) is 5.54 Å². The molecule has 0 bridgehead atoms. The highest BCUT2D eigenvalue weighted by Gasteiger charge is 2.41. The van der Waals surface area contributed by atoms with Crippen LogP contribution in [-0.4, -0.2) is 23.8 Å². The van der Waals surface area contributed by atoms with Crippen molar-refractivity contribution in [1.29, 1.82) is 0 Å². The maximum Gasteiger partial charge on any atom is 0.133 e. The quantitative estimate of drug-likeness (QED) is 0.808. The number of hydrogen-bond acceptors (Lipinski definition) is 2. The molecule has 0 atom stereocenters. The van der Waals surface area contributed by atoms with Crippen LogP contribution in [0.2, 0.25) is 0 Å². The lowest BCUT2D eigenvalue weighted by atomic mass is 9.74. The Kier molecular flexibility index (Phi) is 3.69. The predicted molar refractivity (Wildman–Crippen MR) is 77.0 cm³/mol. The van der Waals surface area contributed by atoms with Crippen LogP contribution in [0.5, 0.6) is 0 Å². The predicted octanol–water partition coefficient (Wildman–Crippen LogP) is 3.51. The first-order valence-electron chi connectivity index (χ1n) is 7.64. The number of nitrogens with zero attached hydrogens (tertiary/aromatic N) is 1. The Morgan fingerprint density at radius 3 is 2.16 bits per heavy atom. The van der Waals surface area contributed by atoms with Gasteiger partial charge in [-0.05, 0) is 44.3 Å². The van der Waals surface area contributed by atoms with Gasteiger partial charge in [-0.1, -0.05) is 36.8 Å². The number of benzene rings is 1. The molecule has 2 nitrogen and oxygen atoms in total. The van der Waals surface area contributed by atoms with Gasteiger partial charge in [0.05, 0.1) is 0 Å². The normalized spacial score (nSPS) is 24.3. The molecule has 1 saturated carbocycles. The summed E-state index contributed by atoms with van der Waals surface area (Å²) in [4.78, 5) is 14.3. The first-order valence-corrected chi connectivity index (χ1v) is 7.64. The zero-order valence-electron chi connectivity index (χ0n) is 11.6. The summed E-state index contributed by atoms with van der Waals surface area (Å²) in [6.45, 7) is 2.40. The number of Topliss-reactive ketones (excluding diaryl/α,β-unsaturated/α-hetero) is 1. The molecule has 1 aliphatic heterocycles. The van der Waals surface area contributed by atoms with E-state index in [0.29, 0.717) is 5.78 Å². The van der Waals surface area contributed by atoms with Crippen LogP contribution < -0.4 is 0 Å². The van der Waals surface area contributed by atoms with Crippen LogP contribution in [0, 0.1) is 0 Å². The van der Waals surface area contributed by atoms with Crippen LogP contribution in [0.4, 0.5) is 0 Å². The minimum atomic E-state index is 0.135. The van der Waals surface area contributed by atoms with Crippen LogP contribution >= 0.6 is 0 Å². The van der Waals surface area contributed by atoms with Crippen molar-refractivity contribution in [2.45, 2.75) is 50.5 Å². The molecule has 0 unspecified atom stereocenters. The summed E-state index contributed by atoms with van der Waals surface area (Å²) in [5.74, 6) is 0.448. The highest BCUT2D eigenvalue weighted by atomic mass is 16.1. The van der Waals surface area contributed by atoms with E-state index < -0.39 is 0 Å². The Hall–Kier alpha value is -1.15. The molecule has 2 fully saturated rings. The average Bonchev–Trinajstić information content (AvgIpc) is 2.50. The molecule has 0 spiro atoms. The van der Waals surface area contributed by atoms with Crippen LogP contribution in [0.3, 0.4) is 0 Å². The number of hydrogen-bond donors (Lipinski definition) is 0. The Balaban J connectivity index is 1.93. The SMILES string of the molecule is O=C1CCC(c2ccccc2)(N2CCCCC2)CC1. The molecule has 2 aliphatic rings. The highest BCUT2D eigenvalue weighted by Crippen LogP contribution is 2.42. The number of carbonyl (C=O) groups is 1. The van der Waals surface area contributed by atoms with E-state index in [0.717, 1.165) is 25.7 Å². The summed E-state index contributed by atoms with van der Waals surface area (Å²) in [6.07, 6.45) is 7.51. The molecular formula is C17H23NO. The van der Waals surface area contributed by atoms with Crippen LogP contribution in [-0.2, 0) is 10.3 Å². The van der Waals surface area contributed by atoms with Crippen molar-refractivity contribution >= 4 is 5.78 Å². The number of likely N-dealkylation sites (tertiary alicyclic amines) is 1. The van der Waals surface area contributed by atoms with Gasteiger partial charge < -0.3 is 0 Å². The molecule has 1 aliphatic carbocycles. The molecule has 1 heterocycles. The zero-order chi connectivity index (χ0) is 13.1. The average molecular weight is 257 g/mol. The molecule has 3 rings (SSSR count). The summed E-state index contributed by atoms with van der Waals surface area (Å²) < 4.78 is 0. The van der Waals surface area contributed by atoms with E-state index in [9.17, 15) is 4.79 Å². The third-order valence-electron chi connectivity index (χ3n) is 4.91. The third kappa shape index (κ3) is 2.46. The first kappa shape index (κ1) is 12.9. The van der Waals surface area contributed by atoms with Gasteiger partial charge in [-0.15, -0.1) is 0 Å². The fraction of sp³-hybridized carbons (Fsp3) is 0.588. The second-order valence-electron chi connectivity index (χ2n) is 5.98. The summed E-state index contributed by atoms with van der Waals surface area (Å²) in [6, 6.07) is 10.9. The molecular weight excluding hydrogens is 234 g/mol. The third-order valence-corrected chi connectivity index (χ3v) is 4.91. The van der Waals surface area contributed by atoms with Gasteiger partial charge in [-0.3, -0.25) is 9.69 Å². The van der Waals surface area contributed by atoms with Gasteiger partial charge in [0.2, 0.25) is 0 Å². The lowest BCUT2D eigenvalue weighted by molar-refractivity contribution is -0.123. The van der Waals surface area contributed by atoms with E-state index in [1.165, 1.54) is 37.9 Å². The minimum absolute atomic E-state index is 0.135. The molecule has 0 aromatic heterocycles. The Morgan fingerprint density at radius 1 is 0.895 bits per heavy atom. The van der Waals surface area contributed by atoms with Crippen molar-refractivity contribution in [3.63, 3.8) is 0 Å². The largest absolute Gasteiger partial charge is 0.300 e. The second kappa shape index (κ2) is 5.46. The molecule has 19 heavy (non-hydrogen) atoms. The Morgan fingerprint density at radius 2 is 1.53 bits per heavy atom. The van der Waals surface area contributed by atoms with E-state index in [1.807, 2.05) is 0 Å². The molecule has 102 valence electrons. The fourth-order valence-electron chi connectivity index (χ4n) is 3.80. The van der Waals surface area contributed by atoms with Gasteiger partial charge in [0.15, 0.2) is 0 Å².